The minimum atomic E-state index is -0.390. The maximum atomic E-state index is 13.9. The number of carbonyl (C=O) groups is 1. The molecule has 2 N–H and O–H groups in total. The van der Waals surface area contributed by atoms with Crippen molar-refractivity contribution < 1.29 is 9.18 Å². The van der Waals surface area contributed by atoms with Crippen LogP contribution >= 0.6 is 0 Å². The molecule has 1 aromatic rings. The maximum Gasteiger partial charge on any atom is 0.166 e. The van der Waals surface area contributed by atoms with Gasteiger partial charge in [0.25, 0.3) is 0 Å². The topological polar surface area (TPSA) is 43.1 Å². The van der Waals surface area contributed by atoms with Crippen molar-refractivity contribution in [3.63, 3.8) is 0 Å². The molecule has 1 atom stereocenters. The molecule has 0 aliphatic carbocycles. The van der Waals surface area contributed by atoms with Gasteiger partial charge in [-0.2, -0.15) is 0 Å². The molecule has 2 nitrogen and oxygen atoms in total. The zero-order chi connectivity index (χ0) is 15.1. The molecule has 0 amide bonds. The van der Waals surface area contributed by atoms with Crippen molar-refractivity contribution >= 4 is 5.78 Å². The first kappa shape index (κ1) is 16.8. The molecular formula is C17H26FNO. The van der Waals surface area contributed by atoms with Crippen LogP contribution in [0, 0.1) is 25.6 Å². The highest BCUT2D eigenvalue weighted by Gasteiger charge is 2.17. The molecule has 0 fully saturated rings. The summed E-state index contributed by atoms with van der Waals surface area (Å²) in [5.41, 5.74) is 7.44. The fourth-order valence-electron chi connectivity index (χ4n) is 2.81. The van der Waals surface area contributed by atoms with E-state index in [0.29, 0.717) is 18.9 Å². The van der Waals surface area contributed by atoms with Crippen LogP contribution in [0.15, 0.2) is 12.1 Å². The van der Waals surface area contributed by atoms with E-state index in [1.165, 1.54) is 6.07 Å². The largest absolute Gasteiger partial charge is 0.330 e. The number of benzene rings is 1. The summed E-state index contributed by atoms with van der Waals surface area (Å²) in [6.07, 6.45) is 4.33. The van der Waals surface area contributed by atoms with E-state index in [1.807, 2.05) is 13.0 Å². The summed E-state index contributed by atoms with van der Waals surface area (Å²) in [5, 5.41) is 0. The number of hydrogen-bond acceptors (Lipinski definition) is 2. The normalized spacial score (nSPS) is 12.4. The Hall–Kier alpha value is -1.22. The molecule has 1 rings (SSSR count). The predicted octanol–water partition coefficient (Wildman–Crippen LogP) is 4.17. The lowest BCUT2D eigenvalue weighted by Crippen LogP contribution is -2.12. The number of hydrogen-bond donors (Lipinski definition) is 1. The van der Waals surface area contributed by atoms with Gasteiger partial charge < -0.3 is 5.73 Å². The van der Waals surface area contributed by atoms with Crippen LogP contribution in [0.1, 0.15) is 60.5 Å². The van der Waals surface area contributed by atoms with Gasteiger partial charge >= 0.3 is 0 Å². The highest BCUT2D eigenvalue weighted by molar-refractivity contribution is 5.97. The van der Waals surface area contributed by atoms with Crippen LogP contribution in [0.25, 0.3) is 0 Å². The highest BCUT2D eigenvalue weighted by atomic mass is 19.1. The van der Waals surface area contributed by atoms with Gasteiger partial charge in [-0.05, 0) is 56.3 Å². The molecule has 1 unspecified atom stereocenters. The van der Waals surface area contributed by atoms with Gasteiger partial charge in [-0.25, -0.2) is 4.39 Å². The van der Waals surface area contributed by atoms with E-state index >= 15 is 0 Å². The summed E-state index contributed by atoms with van der Waals surface area (Å²) in [6, 6.07) is 3.30. The third kappa shape index (κ3) is 4.71. The monoisotopic (exact) mass is 279 g/mol. The van der Waals surface area contributed by atoms with Gasteiger partial charge in [0.15, 0.2) is 5.78 Å². The number of ketones is 1. The third-order valence-electron chi connectivity index (χ3n) is 3.76. The van der Waals surface area contributed by atoms with Crippen LogP contribution in [0.3, 0.4) is 0 Å². The molecule has 0 spiro atoms. The average Bonchev–Trinajstić information content (AvgIpc) is 2.35. The van der Waals surface area contributed by atoms with E-state index in [0.717, 1.165) is 36.8 Å². The number of Topliss-reactive ketones (excluding diaryl/α,β-unsaturated/α-hetero) is 1. The Balaban J connectivity index is 2.71. The van der Waals surface area contributed by atoms with Crippen molar-refractivity contribution in [3.8, 4) is 0 Å². The highest BCUT2D eigenvalue weighted by Crippen LogP contribution is 2.22. The fraction of sp³-hybridized carbons (Fsp3) is 0.588. The Morgan fingerprint density at radius 2 is 1.95 bits per heavy atom. The molecule has 3 heteroatoms. The second-order valence-corrected chi connectivity index (χ2v) is 5.63. The number of rotatable bonds is 8. The lowest BCUT2D eigenvalue weighted by molar-refractivity contribution is 0.0967. The lowest BCUT2D eigenvalue weighted by Gasteiger charge is -2.15. The van der Waals surface area contributed by atoms with Crippen LogP contribution in [0.2, 0.25) is 0 Å². The maximum absolute atomic E-state index is 13.9. The summed E-state index contributed by atoms with van der Waals surface area (Å²) < 4.78 is 13.9. The predicted molar refractivity (Wildman–Crippen MR) is 81.5 cm³/mol. The summed E-state index contributed by atoms with van der Waals surface area (Å²) in [7, 11) is 0. The van der Waals surface area contributed by atoms with E-state index < -0.39 is 5.82 Å². The number of nitrogens with two attached hydrogens (primary N) is 1. The molecule has 20 heavy (non-hydrogen) atoms. The third-order valence-corrected chi connectivity index (χ3v) is 3.76. The van der Waals surface area contributed by atoms with Crippen LogP contribution < -0.4 is 5.73 Å². The van der Waals surface area contributed by atoms with Gasteiger partial charge in [0, 0.05) is 6.42 Å². The summed E-state index contributed by atoms with van der Waals surface area (Å²) >= 11 is 0. The quantitative estimate of drug-likeness (QED) is 0.726. The molecule has 0 aliphatic heterocycles. The standard InChI is InChI=1S/C17H26FNO/c1-4-5-14(8-9-19)6-7-16(20)17-13(3)10-12(2)11-15(17)18/h10-11,14H,4-9,19H2,1-3H3. The Kier molecular flexibility index (Phi) is 6.86. The molecule has 0 aliphatic rings. The Morgan fingerprint density at radius 3 is 2.50 bits per heavy atom. The van der Waals surface area contributed by atoms with Crippen molar-refractivity contribution in [2.75, 3.05) is 6.54 Å². The number of carbonyl (C=O) groups excluding carboxylic acids is 1. The van der Waals surface area contributed by atoms with Crippen LogP contribution in [-0.4, -0.2) is 12.3 Å². The molecule has 0 bridgehead atoms. The SMILES string of the molecule is CCCC(CCN)CCC(=O)c1c(C)cc(C)cc1F. The molecule has 0 heterocycles. The molecule has 112 valence electrons. The first-order valence-corrected chi connectivity index (χ1v) is 7.49. The van der Waals surface area contributed by atoms with Gasteiger partial charge in [0.1, 0.15) is 5.82 Å². The van der Waals surface area contributed by atoms with Crippen molar-refractivity contribution in [1.29, 1.82) is 0 Å². The van der Waals surface area contributed by atoms with E-state index in [-0.39, 0.29) is 11.3 Å². The Bertz CT molecular complexity index is 427. The Labute approximate surface area is 121 Å². The summed E-state index contributed by atoms with van der Waals surface area (Å²) in [6.45, 7) is 6.42. The van der Waals surface area contributed by atoms with Gasteiger partial charge in [-0.15, -0.1) is 0 Å². The first-order valence-electron chi connectivity index (χ1n) is 7.49. The molecular weight excluding hydrogens is 253 g/mol. The van der Waals surface area contributed by atoms with E-state index in [1.54, 1.807) is 6.92 Å². The second-order valence-electron chi connectivity index (χ2n) is 5.63. The summed E-state index contributed by atoms with van der Waals surface area (Å²) in [4.78, 5) is 12.2. The number of aryl methyl sites for hydroxylation is 2. The lowest BCUT2D eigenvalue weighted by atomic mass is 9.91. The molecule has 0 radical (unpaired) electrons. The van der Waals surface area contributed by atoms with Crippen LogP contribution in [0.4, 0.5) is 4.39 Å². The smallest absolute Gasteiger partial charge is 0.166 e. The molecule has 1 aromatic carbocycles. The fourth-order valence-corrected chi connectivity index (χ4v) is 2.81. The van der Waals surface area contributed by atoms with E-state index in [2.05, 4.69) is 6.92 Å². The van der Waals surface area contributed by atoms with E-state index in [4.69, 9.17) is 5.73 Å². The average molecular weight is 279 g/mol. The summed E-state index contributed by atoms with van der Waals surface area (Å²) in [5.74, 6) is -0.000688. The minimum absolute atomic E-state index is 0.0851. The zero-order valence-electron chi connectivity index (χ0n) is 12.8. The molecule has 0 saturated heterocycles. The van der Waals surface area contributed by atoms with Crippen molar-refractivity contribution in [2.24, 2.45) is 11.7 Å². The van der Waals surface area contributed by atoms with Crippen molar-refractivity contribution in [3.05, 3.63) is 34.6 Å². The van der Waals surface area contributed by atoms with Crippen molar-refractivity contribution in [1.82, 2.24) is 0 Å². The number of halogens is 1. The first-order chi connectivity index (χ1) is 9.49. The van der Waals surface area contributed by atoms with Crippen LogP contribution in [-0.2, 0) is 0 Å². The van der Waals surface area contributed by atoms with Gasteiger partial charge in [0.2, 0.25) is 0 Å². The second kappa shape index (κ2) is 8.15. The van der Waals surface area contributed by atoms with Gasteiger partial charge in [-0.3, -0.25) is 4.79 Å². The van der Waals surface area contributed by atoms with E-state index in [9.17, 15) is 9.18 Å². The zero-order valence-corrected chi connectivity index (χ0v) is 12.8. The van der Waals surface area contributed by atoms with Gasteiger partial charge in [0.05, 0.1) is 5.56 Å². The molecule has 0 saturated carbocycles. The van der Waals surface area contributed by atoms with Gasteiger partial charge in [-0.1, -0.05) is 25.8 Å². The van der Waals surface area contributed by atoms with Crippen LogP contribution in [0.5, 0.6) is 0 Å². The minimum Gasteiger partial charge on any atom is -0.330 e. The van der Waals surface area contributed by atoms with Crippen molar-refractivity contribution in [2.45, 2.75) is 52.9 Å². The molecule has 0 aromatic heterocycles. The Morgan fingerprint density at radius 1 is 1.25 bits per heavy atom.